The van der Waals surface area contributed by atoms with E-state index in [9.17, 15) is 13.2 Å². The maximum atomic E-state index is 13.5. The van der Waals surface area contributed by atoms with Gasteiger partial charge < -0.3 is 10.1 Å². The number of sulfonamides is 1. The summed E-state index contributed by atoms with van der Waals surface area (Å²) < 4.78 is 32.9. The fraction of sp³-hybridized carbons (Fsp3) is 0.458. The number of benzene rings is 2. The van der Waals surface area contributed by atoms with Crippen LogP contribution >= 0.6 is 11.6 Å². The summed E-state index contributed by atoms with van der Waals surface area (Å²) in [6, 6.07) is 13.1. The van der Waals surface area contributed by atoms with E-state index in [4.69, 9.17) is 16.3 Å². The van der Waals surface area contributed by atoms with Crippen LogP contribution in [0.2, 0.25) is 5.02 Å². The molecule has 1 heterocycles. The predicted octanol–water partition coefficient (Wildman–Crippen LogP) is 5.08. The predicted molar refractivity (Wildman–Crippen MR) is 129 cm³/mol. The molecule has 0 unspecified atom stereocenters. The zero-order valence-electron chi connectivity index (χ0n) is 19.0. The van der Waals surface area contributed by atoms with Crippen LogP contribution in [0.15, 0.2) is 48.5 Å². The molecule has 0 aliphatic carbocycles. The lowest BCUT2D eigenvalue weighted by molar-refractivity contribution is -0.123. The zero-order chi connectivity index (χ0) is 23.5. The lowest BCUT2D eigenvalue weighted by atomic mass is 9.83. The number of para-hydroxylation sites is 1. The third kappa shape index (κ3) is 5.04. The second-order valence-corrected chi connectivity index (χ2v) is 10.6. The SMILES string of the molecule is CC[C@@H](C(=O)N[C@H]1CC(CC)(CC)Oc2ccccc21)N(c1cccc(Cl)c1)S(C)(=O)=O. The van der Waals surface area contributed by atoms with Crippen molar-refractivity contribution in [2.45, 2.75) is 64.1 Å². The quantitative estimate of drug-likeness (QED) is 0.573. The number of nitrogens with one attached hydrogen (secondary N) is 1. The molecule has 2 atom stereocenters. The Morgan fingerprint density at radius 2 is 1.88 bits per heavy atom. The summed E-state index contributed by atoms with van der Waals surface area (Å²) in [6.45, 7) is 5.96. The fourth-order valence-corrected chi connectivity index (χ4v) is 5.76. The van der Waals surface area contributed by atoms with Crippen molar-refractivity contribution in [1.82, 2.24) is 5.32 Å². The van der Waals surface area contributed by atoms with Gasteiger partial charge in [-0.1, -0.05) is 56.6 Å². The van der Waals surface area contributed by atoms with E-state index in [1.165, 1.54) is 0 Å². The van der Waals surface area contributed by atoms with Gasteiger partial charge in [0.1, 0.15) is 17.4 Å². The van der Waals surface area contributed by atoms with Crippen LogP contribution in [0.3, 0.4) is 0 Å². The van der Waals surface area contributed by atoms with Crippen molar-refractivity contribution in [1.29, 1.82) is 0 Å². The molecule has 32 heavy (non-hydrogen) atoms. The van der Waals surface area contributed by atoms with Gasteiger partial charge in [0.05, 0.1) is 18.0 Å². The van der Waals surface area contributed by atoms with E-state index in [0.29, 0.717) is 23.6 Å². The van der Waals surface area contributed by atoms with Gasteiger partial charge in [-0.05, 0) is 43.5 Å². The Morgan fingerprint density at radius 1 is 1.19 bits per heavy atom. The number of amides is 1. The molecule has 0 bridgehead atoms. The summed E-state index contributed by atoms with van der Waals surface area (Å²) in [4.78, 5) is 13.5. The van der Waals surface area contributed by atoms with Crippen LogP contribution in [-0.2, 0) is 14.8 Å². The minimum atomic E-state index is -3.74. The Labute approximate surface area is 196 Å². The van der Waals surface area contributed by atoms with E-state index >= 15 is 0 Å². The van der Waals surface area contributed by atoms with E-state index in [2.05, 4.69) is 19.2 Å². The molecule has 1 N–H and O–H groups in total. The molecule has 0 aromatic heterocycles. The number of ether oxygens (including phenoxy) is 1. The summed E-state index contributed by atoms with van der Waals surface area (Å²) in [5.41, 5.74) is 0.894. The van der Waals surface area contributed by atoms with Crippen LogP contribution in [0.25, 0.3) is 0 Å². The maximum Gasteiger partial charge on any atom is 0.244 e. The molecule has 0 saturated carbocycles. The number of halogens is 1. The summed E-state index contributed by atoms with van der Waals surface area (Å²) in [5, 5.41) is 3.53. The van der Waals surface area contributed by atoms with E-state index in [0.717, 1.165) is 34.7 Å². The van der Waals surface area contributed by atoms with Crippen LogP contribution in [0.5, 0.6) is 5.75 Å². The Kier molecular flexibility index (Phi) is 7.40. The van der Waals surface area contributed by atoms with Gasteiger partial charge in [0.15, 0.2) is 0 Å². The maximum absolute atomic E-state index is 13.5. The Bertz CT molecular complexity index is 1070. The first-order chi connectivity index (χ1) is 15.1. The standard InChI is InChI=1S/C24H31ClN2O4S/c1-5-21(27(32(4,29)30)18-12-10-11-17(25)15-18)23(28)26-20-16-24(6-2,7-3)31-22-14-9-8-13-19(20)22/h8-15,20-21H,5-7,16H2,1-4H3,(H,26,28)/t20-,21-/m0/s1. The Balaban J connectivity index is 1.96. The molecule has 2 aromatic carbocycles. The van der Waals surface area contributed by atoms with Crippen molar-refractivity contribution < 1.29 is 17.9 Å². The normalized spacial score (nSPS) is 18.2. The first-order valence-corrected chi connectivity index (χ1v) is 13.2. The van der Waals surface area contributed by atoms with Gasteiger partial charge >= 0.3 is 0 Å². The molecule has 8 heteroatoms. The van der Waals surface area contributed by atoms with E-state index in [-0.39, 0.29) is 17.6 Å². The van der Waals surface area contributed by atoms with Gasteiger partial charge in [-0.25, -0.2) is 8.42 Å². The van der Waals surface area contributed by atoms with Crippen LogP contribution in [0.1, 0.15) is 58.1 Å². The fourth-order valence-electron chi connectivity index (χ4n) is 4.37. The number of fused-ring (bicyclic) bond motifs is 1. The van der Waals surface area contributed by atoms with E-state index < -0.39 is 16.1 Å². The molecule has 1 aliphatic heterocycles. The van der Waals surface area contributed by atoms with Gasteiger partial charge in [-0.15, -0.1) is 0 Å². The number of rotatable bonds is 8. The van der Waals surface area contributed by atoms with Crippen molar-refractivity contribution in [3.05, 3.63) is 59.1 Å². The topological polar surface area (TPSA) is 75.7 Å². The average molecular weight is 479 g/mol. The van der Waals surface area contributed by atoms with Gasteiger partial charge in [0.25, 0.3) is 0 Å². The average Bonchev–Trinajstić information content (AvgIpc) is 2.76. The summed E-state index contributed by atoms with van der Waals surface area (Å²) >= 11 is 6.11. The molecule has 0 radical (unpaired) electrons. The highest BCUT2D eigenvalue weighted by Gasteiger charge is 2.40. The van der Waals surface area contributed by atoms with Gasteiger partial charge in [-0.2, -0.15) is 0 Å². The second-order valence-electron chi connectivity index (χ2n) is 8.26. The molecule has 6 nitrogen and oxygen atoms in total. The molecule has 1 aliphatic rings. The summed E-state index contributed by atoms with van der Waals surface area (Å²) in [6.07, 6.45) is 3.64. The van der Waals surface area contributed by atoms with Gasteiger partial charge in [0.2, 0.25) is 15.9 Å². The van der Waals surface area contributed by atoms with Gasteiger partial charge in [0, 0.05) is 17.0 Å². The lowest BCUT2D eigenvalue weighted by Gasteiger charge is -2.42. The van der Waals surface area contributed by atoms with Crippen molar-refractivity contribution in [2.24, 2.45) is 0 Å². The van der Waals surface area contributed by atoms with Crippen molar-refractivity contribution in [3.63, 3.8) is 0 Å². The molecule has 0 saturated heterocycles. The largest absolute Gasteiger partial charge is 0.487 e. The minimum absolute atomic E-state index is 0.276. The number of anilines is 1. The highest BCUT2D eigenvalue weighted by Crippen LogP contribution is 2.42. The summed E-state index contributed by atoms with van der Waals surface area (Å²) in [5.74, 6) is 0.413. The van der Waals surface area contributed by atoms with Crippen molar-refractivity contribution in [2.75, 3.05) is 10.6 Å². The second kappa shape index (κ2) is 9.71. The zero-order valence-corrected chi connectivity index (χ0v) is 20.5. The summed E-state index contributed by atoms with van der Waals surface area (Å²) in [7, 11) is -3.74. The molecule has 174 valence electrons. The number of carbonyl (C=O) groups is 1. The third-order valence-corrected chi connectivity index (χ3v) is 7.61. The highest BCUT2D eigenvalue weighted by molar-refractivity contribution is 7.92. The Hall–Kier alpha value is -2.25. The lowest BCUT2D eigenvalue weighted by Crippen LogP contribution is -2.52. The smallest absolute Gasteiger partial charge is 0.244 e. The molecule has 0 spiro atoms. The molecule has 3 rings (SSSR count). The van der Waals surface area contributed by atoms with Crippen LogP contribution in [-0.4, -0.2) is 32.2 Å². The molecule has 2 aromatic rings. The van der Waals surface area contributed by atoms with Crippen LogP contribution < -0.4 is 14.4 Å². The molecule has 0 fully saturated rings. The van der Waals surface area contributed by atoms with Crippen molar-refractivity contribution in [3.8, 4) is 5.75 Å². The van der Waals surface area contributed by atoms with Crippen LogP contribution in [0.4, 0.5) is 5.69 Å². The first kappa shape index (κ1) is 24.4. The van der Waals surface area contributed by atoms with Crippen molar-refractivity contribution >= 4 is 33.2 Å². The van der Waals surface area contributed by atoms with E-state index in [1.807, 2.05) is 24.3 Å². The number of nitrogens with zero attached hydrogens (tertiary/aromatic N) is 1. The molecule has 1 amide bonds. The number of carbonyl (C=O) groups excluding carboxylic acids is 1. The molecular weight excluding hydrogens is 448 g/mol. The highest BCUT2D eigenvalue weighted by atomic mass is 35.5. The number of hydrogen-bond acceptors (Lipinski definition) is 4. The first-order valence-electron chi connectivity index (χ1n) is 11.0. The monoisotopic (exact) mass is 478 g/mol. The minimum Gasteiger partial charge on any atom is -0.487 e. The molecular formula is C24H31ClN2O4S. The van der Waals surface area contributed by atoms with E-state index in [1.54, 1.807) is 31.2 Å². The Morgan fingerprint density at radius 3 is 2.47 bits per heavy atom. The van der Waals surface area contributed by atoms with Gasteiger partial charge in [-0.3, -0.25) is 9.10 Å². The number of hydrogen-bond donors (Lipinski definition) is 1. The van der Waals surface area contributed by atoms with Crippen LogP contribution in [0, 0.1) is 0 Å². The third-order valence-electron chi connectivity index (χ3n) is 6.19.